The number of carbonyl (C=O) groups is 2. The van der Waals surface area contributed by atoms with Crippen molar-refractivity contribution < 1.29 is 19.1 Å². The minimum Gasteiger partial charge on any atom is -0.505 e. The standard InChI is InChI=1S/C13H15FN2O3/c1-16-7-9(3-5-12(16)18)15-13(19)8-2-4-11(17)10(14)6-8/h2,4,6,9,17H,3,5,7H2,1H3,(H,15,19)/t9-/m0/s1. The molecule has 0 spiro atoms. The Balaban J connectivity index is 2.01. The number of rotatable bonds is 2. The number of amides is 2. The molecule has 1 heterocycles. The fourth-order valence-electron chi connectivity index (χ4n) is 2.05. The first kappa shape index (κ1) is 13.3. The van der Waals surface area contributed by atoms with Crippen molar-refractivity contribution in [1.82, 2.24) is 10.2 Å². The molecule has 5 nitrogen and oxygen atoms in total. The Morgan fingerprint density at radius 1 is 1.53 bits per heavy atom. The molecule has 1 aromatic rings. The van der Waals surface area contributed by atoms with E-state index in [0.717, 1.165) is 12.1 Å². The Morgan fingerprint density at radius 2 is 2.26 bits per heavy atom. The number of phenols is 1. The van der Waals surface area contributed by atoms with Gasteiger partial charge in [-0.1, -0.05) is 0 Å². The van der Waals surface area contributed by atoms with Gasteiger partial charge < -0.3 is 15.3 Å². The third-order valence-corrected chi connectivity index (χ3v) is 3.17. The maximum absolute atomic E-state index is 13.1. The Kier molecular flexibility index (Phi) is 3.69. The first-order chi connectivity index (χ1) is 8.97. The molecular formula is C13H15FN2O3. The van der Waals surface area contributed by atoms with Gasteiger partial charge in [-0.15, -0.1) is 0 Å². The molecule has 0 aromatic heterocycles. The first-order valence-corrected chi connectivity index (χ1v) is 6.00. The fraction of sp³-hybridized carbons (Fsp3) is 0.385. The van der Waals surface area contributed by atoms with Crippen molar-refractivity contribution in [3.63, 3.8) is 0 Å². The number of halogens is 1. The fourth-order valence-corrected chi connectivity index (χ4v) is 2.05. The van der Waals surface area contributed by atoms with Crippen LogP contribution < -0.4 is 5.32 Å². The van der Waals surface area contributed by atoms with Gasteiger partial charge in [-0.25, -0.2) is 4.39 Å². The van der Waals surface area contributed by atoms with Gasteiger partial charge in [0.1, 0.15) is 0 Å². The molecular weight excluding hydrogens is 251 g/mol. The number of likely N-dealkylation sites (N-methyl/N-ethyl adjacent to an activating group) is 1. The summed E-state index contributed by atoms with van der Waals surface area (Å²) >= 11 is 0. The summed E-state index contributed by atoms with van der Waals surface area (Å²) in [7, 11) is 1.68. The lowest BCUT2D eigenvalue weighted by molar-refractivity contribution is -0.132. The van der Waals surface area contributed by atoms with Gasteiger partial charge in [0.25, 0.3) is 5.91 Å². The van der Waals surface area contributed by atoms with Crippen LogP contribution in [-0.4, -0.2) is 41.5 Å². The van der Waals surface area contributed by atoms with E-state index in [4.69, 9.17) is 5.11 Å². The van der Waals surface area contributed by atoms with Crippen molar-refractivity contribution in [2.75, 3.05) is 13.6 Å². The molecule has 1 aliphatic rings. The third-order valence-electron chi connectivity index (χ3n) is 3.17. The van der Waals surface area contributed by atoms with Crippen LogP contribution in [0.2, 0.25) is 0 Å². The lowest BCUT2D eigenvalue weighted by atomic mass is 10.0. The molecule has 102 valence electrons. The number of nitrogens with one attached hydrogen (secondary N) is 1. The summed E-state index contributed by atoms with van der Waals surface area (Å²) in [6.07, 6.45) is 0.973. The van der Waals surface area contributed by atoms with Gasteiger partial charge in [-0.3, -0.25) is 9.59 Å². The van der Waals surface area contributed by atoms with E-state index in [-0.39, 0.29) is 17.5 Å². The zero-order valence-electron chi connectivity index (χ0n) is 10.5. The summed E-state index contributed by atoms with van der Waals surface area (Å²) in [5.74, 6) is -1.67. The Morgan fingerprint density at radius 3 is 2.89 bits per heavy atom. The summed E-state index contributed by atoms with van der Waals surface area (Å²) in [4.78, 5) is 24.8. The van der Waals surface area contributed by atoms with Crippen LogP contribution in [0.1, 0.15) is 23.2 Å². The summed E-state index contributed by atoms with van der Waals surface area (Å²) in [6, 6.07) is 3.35. The van der Waals surface area contributed by atoms with Crippen LogP contribution in [0, 0.1) is 5.82 Å². The molecule has 0 unspecified atom stereocenters. The van der Waals surface area contributed by atoms with Crippen LogP contribution >= 0.6 is 0 Å². The Bertz CT molecular complexity index is 519. The minimum absolute atomic E-state index is 0.0566. The van der Waals surface area contributed by atoms with E-state index in [1.807, 2.05) is 0 Å². The largest absolute Gasteiger partial charge is 0.505 e. The SMILES string of the molecule is CN1C[C@@H](NC(=O)c2ccc(O)c(F)c2)CCC1=O. The molecule has 1 fully saturated rings. The highest BCUT2D eigenvalue weighted by atomic mass is 19.1. The van der Waals surface area contributed by atoms with Gasteiger partial charge in [0, 0.05) is 31.6 Å². The average Bonchev–Trinajstić information content (AvgIpc) is 2.37. The number of aromatic hydroxyl groups is 1. The van der Waals surface area contributed by atoms with Crippen LogP contribution in [0.3, 0.4) is 0 Å². The summed E-state index contributed by atoms with van der Waals surface area (Å²) < 4.78 is 13.1. The first-order valence-electron chi connectivity index (χ1n) is 6.00. The van der Waals surface area contributed by atoms with Gasteiger partial charge in [0.2, 0.25) is 5.91 Å². The highest BCUT2D eigenvalue weighted by molar-refractivity contribution is 5.94. The lowest BCUT2D eigenvalue weighted by Gasteiger charge is -2.30. The van der Waals surface area contributed by atoms with Crippen molar-refractivity contribution in [3.8, 4) is 5.75 Å². The molecule has 1 saturated heterocycles. The maximum Gasteiger partial charge on any atom is 0.251 e. The molecule has 0 bridgehead atoms. The van der Waals surface area contributed by atoms with Crippen LogP contribution in [0.4, 0.5) is 4.39 Å². The van der Waals surface area contributed by atoms with Crippen molar-refractivity contribution in [2.45, 2.75) is 18.9 Å². The average molecular weight is 266 g/mol. The quantitative estimate of drug-likeness (QED) is 0.835. The summed E-state index contributed by atoms with van der Waals surface area (Å²) in [5.41, 5.74) is 0.148. The second-order valence-electron chi connectivity index (χ2n) is 4.65. The molecule has 2 amide bonds. The summed E-state index contributed by atoms with van der Waals surface area (Å²) in [6.45, 7) is 0.450. The Hall–Kier alpha value is -2.11. The molecule has 2 rings (SSSR count). The molecule has 6 heteroatoms. The normalized spacial score (nSPS) is 19.4. The maximum atomic E-state index is 13.1. The molecule has 1 aromatic carbocycles. The highest BCUT2D eigenvalue weighted by Crippen LogP contribution is 2.17. The highest BCUT2D eigenvalue weighted by Gasteiger charge is 2.24. The van der Waals surface area contributed by atoms with Gasteiger partial charge in [0.15, 0.2) is 11.6 Å². The topological polar surface area (TPSA) is 69.6 Å². The van der Waals surface area contributed by atoms with Crippen molar-refractivity contribution in [3.05, 3.63) is 29.6 Å². The van der Waals surface area contributed by atoms with Gasteiger partial charge in [-0.05, 0) is 24.6 Å². The predicted molar refractivity (Wildman–Crippen MR) is 66.2 cm³/mol. The zero-order valence-corrected chi connectivity index (χ0v) is 10.5. The van der Waals surface area contributed by atoms with Crippen LogP contribution in [0.25, 0.3) is 0 Å². The third kappa shape index (κ3) is 3.01. The number of likely N-dealkylation sites (tertiary alicyclic amines) is 1. The van der Waals surface area contributed by atoms with Crippen LogP contribution in [-0.2, 0) is 4.79 Å². The zero-order chi connectivity index (χ0) is 14.0. The molecule has 0 radical (unpaired) electrons. The van der Waals surface area contributed by atoms with E-state index in [1.54, 1.807) is 11.9 Å². The van der Waals surface area contributed by atoms with E-state index in [2.05, 4.69) is 5.32 Å². The number of carbonyl (C=O) groups excluding carboxylic acids is 2. The number of piperidine rings is 1. The monoisotopic (exact) mass is 266 g/mol. The Labute approximate surface area is 110 Å². The number of nitrogens with zero attached hydrogens (tertiary/aromatic N) is 1. The van der Waals surface area contributed by atoms with Crippen molar-refractivity contribution >= 4 is 11.8 Å². The van der Waals surface area contributed by atoms with E-state index >= 15 is 0 Å². The number of benzene rings is 1. The molecule has 19 heavy (non-hydrogen) atoms. The second kappa shape index (κ2) is 5.26. The summed E-state index contributed by atoms with van der Waals surface area (Å²) in [5, 5.41) is 11.8. The molecule has 0 aliphatic carbocycles. The molecule has 2 N–H and O–H groups in total. The molecule has 0 saturated carbocycles. The van der Waals surface area contributed by atoms with E-state index in [9.17, 15) is 14.0 Å². The minimum atomic E-state index is -0.830. The number of hydrogen-bond acceptors (Lipinski definition) is 3. The van der Waals surface area contributed by atoms with Crippen LogP contribution in [0.15, 0.2) is 18.2 Å². The second-order valence-corrected chi connectivity index (χ2v) is 4.65. The van der Waals surface area contributed by atoms with Gasteiger partial charge in [0.05, 0.1) is 0 Å². The molecule has 1 atom stereocenters. The lowest BCUT2D eigenvalue weighted by Crippen LogP contribution is -2.48. The number of hydrogen-bond donors (Lipinski definition) is 2. The van der Waals surface area contributed by atoms with E-state index in [1.165, 1.54) is 6.07 Å². The van der Waals surface area contributed by atoms with E-state index in [0.29, 0.717) is 19.4 Å². The van der Waals surface area contributed by atoms with Crippen molar-refractivity contribution in [2.24, 2.45) is 0 Å². The predicted octanol–water partition coefficient (Wildman–Crippen LogP) is 0.882. The van der Waals surface area contributed by atoms with Gasteiger partial charge >= 0.3 is 0 Å². The van der Waals surface area contributed by atoms with Crippen molar-refractivity contribution in [1.29, 1.82) is 0 Å². The van der Waals surface area contributed by atoms with Crippen LogP contribution in [0.5, 0.6) is 5.75 Å². The van der Waals surface area contributed by atoms with E-state index < -0.39 is 17.5 Å². The molecule has 1 aliphatic heterocycles. The smallest absolute Gasteiger partial charge is 0.251 e. The van der Waals surface area contributed by atoms with Gasteiger partial charge in [-0.2, -0.15) is 0 Å². The number of phenolic OH excluding ortho intramolecular Hbond substituents is 1.